The van der Waals surface area contributed by atoms with Gasteiger partial charge in [0.1, 0.15) is 11.1 Å². The maximum atomic E-state index is 6.59. The summed E-state index contributed by atoms with van der Waals surface area (Å²) in [5, 5.41) is 2.36. The van der Waals surface area contributed by atoms with Gasteiger partial charge in [-0.1, -0.05) is 43.1 Å². The van der Waals surface area contributed by atoms with E-state index in [1.165, 1.54) is 58.2 Å². The molecule has 1 aliphatic heterocycles. The Bertz CT molecular complexity index is 1250. The van der Waals surface area contributed by atoms with E-state index >= 15 is 0 Å². The molecule has 4 heterocycles. The molecular weight excluding hydrogens is 366 g/mol. The standard InChI is InChI=1S/C23H22N3OS/c1-13-15-8-5-9-24-16(15)11-17-19(13)21-20-22(27-17)18(10-14-6-3-4-7-14)28-23(20)25-12-26(21)2/h5,8-9,11-12,14H,3-4,6-7,10H2,1-2H3/q+1. The van der Waals surface area contributed by atoms with Gasteiger partial charge in [-0.25, -0.2) is 4.57 Å². The number of fused-ring (bicyclic) bond motifs is 3. The molecule has 0 amide bonds. The second kappa shape index (κ2) is 5.98. The van der Waals surface area contributed by atoms with Crippen molar-refractivity contribution in [2.24, 2.45) is 13.0 Å². The highest BCUT2D eigenvalue weighted by molar-refractivity contribution is 7.19. The summed E-state index contributed by atoms with van der Waals surface area (Å²) < 4.78 is 8.74. The molecule has 4 aromatic rings. The first-order valence-corrected chi connectivity index (χ1v) is 10.9. The van der Waals surface area contributed by atoms with Crippen LogP contribution in [0.4, 0.5) is 0 Å². The number of hydrogen-bond acceptors (Lipinski definition) is 4. The molecule has 2 aliphatic rings. The molecule has 6 rings (SSSR count). The average Bonchev–Trinajstić information content (AvgIpc) is 3.33. The highest BCUT2D eigenvalue weighted by Gasteiger charge is 2.34. The Morgan fingerprint density at radius 1 is 1.25 bits per heavy atom. The van der Waals surface area contributed by atoms with E-state index in [-0.39, 0.29) is 0 Å². The van der Waals surface area contributed by atoms with E-state index < -0.39 is 0 Å². The molecule has 140 valence electrons. The molecule has 0 radical (unpaired) electrons. The van der Waals surface area contributed by atoms with Crippen molar-refractivity contribution >= 4 is 32.5 Å². The lowest BCUT2D eigenvalue weighted by molar-refractivity contribution is -0.662. The van der Waals surface area contributed by atoms with E-state index in [4.69, 9.17) is 9.72 Å². The fourth-order valence-electron chi connectivity index (χ4n) is 4.99. The quantitative estimate of drug-likeness (QED) is 0.376. The van der Waals surface area contributed by atoms with Crippen molar-refractivity contribution in [1.82, 2.24) is 9.97 Å². The molecule has 4 nitrogen and oxygen atoms in total. The Morgan fingerprint density at radius 2 is 2.11 bits per heavy atom. The zero-order chi connectivity index (χ0) is 18.8. The van der Waals surface area contributed by atoms with Crippen LogP contribution in [0.1, 0.15) is 36.1 Å². The van der Waals surface area contributed by atoms with Gasteiger partial charge in [-0.15, -0.1) is 0 Å². The summed E-state index contributed by atoms with van der Waals surface area (Å²) in [6, 6.07) is 6.25. The average molecular weight is 389 g/mol. The lowest BCUT2D eigenvalue weighted by atomic mass is 9.95. The minimum Gasteiger partial charge on any atom is -0.454 e. The maximum absolute atomic E-state index is 6.59. The van der Waals surface area contributed by atoms with E-state index in [0.29, 0.717) is 0 Å². The minimum atomic E-state index is 0.784. The van der Waals surface area contributed by atoms with Crippen LogP contribution in [0.3, 0.4) is 0 Å². The first-order chi connectivity index (χ1) is 13.7. The summed E-state index contributed by atoms with van der Waals surface area (Å²) >= 11 is 1.81. The van der Waals surface area contributed by atoms with Crippen molar-refractivity contribution in [1.29, 1.82) is 0 Å². The molecule has 0 spiro atoms. The largest absolute Gasteiger partial charge is 0.454 e. The fourth-order valence-corrected chi connectivity index (χ4v) is 6.17. The van der Waals surface area contributed by atoms with Crippen molar-refractivity contribution in [3.8, 4) is 22.8 Å². The van der Waals surface area contributed by atoms with Gasteiger partial charge in [0.25, 0.3) is 6.33 Å². The summed E-state index contributed by atoms with van der Waals surface area (Å²) in [5.74, 6) is 2.74. The molecule has 0 unspecified atom stereocenters. The zero-order valence-electron chi connectivity index (χ0n) is 16.2. The molecule has 0 N–H and O–H groups in total. The zero-order valence-corrected chi connectivity index (χ0v) is 17.0. The van der Waals surface area contributed by atoms with Crippen LogP contribution in [0.25, 0.3) is 32.4 Å². The van der Waals surface area contributed by atoms with Gasteiger partial charge in [-0.2, -0.15) is 0 Å². The van der Waals surface area contributed by atoms with Crippen LogP contribution < -0.4 is 9.30 Å². The number of rotatable bonds is 2. The number of pyridine rings is 1. The highest BCUT2D eigenvalue weighted by atomic mass is 32.1. The first kappa shape index (κ1) is 16.4. The highest BCUT2D eigenvalue weighted by Crippen LogP contribution is 2.52. The van der Waals surface area contributed by atoms with E-state index in [1.54, 1.807) is 0 Å². The van der Waals surface area contributed by atoms with Crippen molar-refractivity contribution in [2.45, 2.75) is 39.0 Å². The summed E-state index contributed by atoms with van der Waals surface area (Å²) in [5.41, 5.74) is 4.60. The second-order valence-electron chi connectivity index (χ2n) is 8.14. The third kappa shape index (κ3) is 2.26. The molecule has 1 saturated carbocycles. The lowest BCUT2D eigenvalue weighted by Crippen LogP contribution is -2.32. The molecule has 0 atom stereocenters. The van der Waals surface area contributed by atoms with Gasteiger partial charge >= 0.3 is 0 Å². The minimum absolute atomic E-state index is 0.784. The predicted octanol–water partition coefficient (Wildman–Crippen LogP) is 5.48. The van der Waals surface area contributed by atoms with Crippen LogP contribution in [0.15, 0.2) is 30.7 Å². The lowest BCUT2D eigenvalue weighted by Gasteiger charge is -2.21. The van der Waals surface area contributed by atoms with E-state index in [2.05, 4.69) is 35.7 Å². The Labute approximate surface area is 167 Å². The summed E-state index contributed by atoms with van der Waals surface area (Å²) in [6.07, 6.45) is 10.3. The maximum Gasteiger partial charge on any atom is 0.288 e. The Morgan fingerprint density at radius 3 is 2.96 bits per heavy atom. The van der Waals surface area contributed by atoms with Crippen LogP contribution in [0, 0.1) is 12.8 Å². The van der Waals surface area contributed by atoms with Gasteiger partial charge in [0, 0.05) is 17.6 Å². The van der Waals surface area contributed by atoms with Gasteiger partial charge < -0.3 is 4.74 Å². The number of nitrogens with zero attached hydrogens (tertiary/aromatic N) is 3. The van der Waals surface area contributed by atoms with Crippen LogP contribution in [-0.4, -0.2) is 9.97 Å². The number of aromatic nitrogens is 3. The molecule has 0 bridgehead atoms. The number of aryl methyl sites for hydroxylation is 2. The molecule has 28 heavy (non-hydrogen) atoms. The molecule has 1 fully saturated rings. The Kier molecular flexibility index (Phi) is 3.51. The third-order valence-electron chi connectivity index (χ3n) is 6.38. The molecule has 5 heteroatoms. The molecule has 1 aromatic carbocycles. The number of hydrogen-bond donors (Lipinski definition) is 0. The van der Waals surface area contributed by atoms with Crippen molar-refractivity contribution in [3.63, 3.8) is 0 Å². The van der Waals surface area contributed by atoms with E-state index in [1.807, 2.05) is 29.9 Å². The SMILES string of the molecule is Cc1c2c(cc3ncccc13)Oc1c(CC3CCCC3)sc3nc[n+](C)c-2c13. The monoisotopic (exact) mass is 388 g/mol. The summed E-state index contributed by atoms with van der Waals surface area (Å²) in [6.45, 7) is 2.18. The van der Waals surface area contributed by atoms with Gasteiger partial charge in [-0.3, -0.25) is 4.98 Å². The van der Waals surface area contributed by atoms with Crippen molar-refractivity contribution < 1.29 is 9.30 Å². The predicted molar refractivity (Wildman–Crippen MR) is 112 cm³/mol. The van der Waals surface area contributed by atoms with Crippen LogP contribution in [0.2, 0.25) is 0 Å². The number of thiophene rings is 1. The third-order valence-corrected chi connectivity index (χ3v) is 7.48. The van der Waals surface area contributed by atoms with Gasteiger partial charge in [0.05, 0.1) is 23.0 Å². The smallest absolute Gasteiger partial charge is 0.288 e. The van der Waals surface area contributed by atoms with E-state index in [9.17, 15) is 0 Å². The van der Waals surface area contributed by atoms with Crippen LogP contribution in [-0.2, 0) is 13.5 Å². The number of benzene rings is 1. The summed E-state index contributed by atoms with van der Waals surface area (Å²) in [4.78, 5) is 11.8. The van der Waals surface area contributed by atoms with Gasteiger partial charge in [-0.05, 0) is 35.9 Å². The Hall–Kier alpha value is -2.53. The fraction of sp³-hybridized carbons (Fsp3) is 0.348. The van der Waals surface area contributed by atoms with Crippen molar-refractivity contribution in [2.75, 3.05) is 0 Å². The van der Waals surface area contributed by atoms with Crippen LogP contribution in [0.5, 0.6) is 11.5 Å². The molecule has 0 saturated heterocycles. The normalized spacial score (nSPS) is 15.9. The molecule has 3 aromatic heterocycles. The topological polar surface area (TPSA) is 38.9 Å². The number of ether oxygens (including phenoxy) is 1. The first-order valence-electron chi connectivity index (χ1n) is 10.1. The van der Waals surface area contributed by atoms with E-state index in [0.717, 1.165) is 34.2 Å². The second-order valence-corrected chi connectivity index (χ2v) is 9.22. The van der Waals surface area contributed by atoms with Crippen molar-refractivity contribution in [3.05, 3.63) is 41.2 Å². The van der Waals surface area contributed by atoms with Crippen LogP contribution >= 0.6 is 11.3 Å². The van der Waals surface area contributed by atoms with Gasteiger partial charge in [0.2, 0.25) is 4.83 Å². The molecular formula is C23H22N3OS+. The molecule has 1 aliphatic carbocycles. The van der Waals surface area contributed by atoms with Gasteiger partial charge in [0.15, 0.2) is 11.4 Å². The summed E-state index contributed by atoms with van der Waals surface area (Å²) in [7, 11) is 2.09. The Balaban J connectivity index is 1.64.